The molecular weight excluding hydrogens is 238 g/mol. The predicted molar refractivity (Wildman–Crippen MR) is 67.0 cm³/mol. The van der Waals surface area contributed by atoms with E-state index in [1.54, 1.807) is 20.8 Å². The Morgan fingerprint density at radius 2 is 2.12 bits per heavy atom. The van der Waals surface area contributed by atoms with E-state index in [9.17, 15) is 9.59 Å². The molecule has 5 heteroatoms. The number of hydrogen-bond donors (Lipinski definition) is 2. The molecule has 1 rings (SSSR count). The van der Waals surface area contributed by atoms with Gasteiger partial charge in [-0.25, -0.2) is 4.79 Å². The maximum atomic E-state index is 11.7. The second-order valence-corrected chi connectivity index (χ2v) is 5.99. The Bertz CT molecular complexity index is 392. The lowest BCUT2D eigenvalue weighted by Gasteiger charge is -2.27. The van der Waals surface area contributed by atoms with E-state index in [1.165, 1.54) is 11.3 Å². The summed E-state index contributed by atoms with van der Waals surface area (Å²) in [6.45, 7) is 5.37. The van der Waals surface area contributed by atoms with Gasteiger partial charge in [0.1, 0.15) is 6.04 Å². The maximum Gasteiger partial charge on any atom is 0.326 e. The smallest absolute Gasteiger partial charge is 0.326 e. The summed E-state index contributed by atoms with van der Waals surface area (Å²) in [5.41, 5.74) is -0.503. The molecule has 1 atom stereocenters. The van der Waals surface area contributed by atoms with E-state index in [1.807, 2.05) is 17.5 Å². The number of nitrogens with one attached hydrogen (secondary N) is 1. The van der Waals surface area contributed by atoms with E-state index in [4.69, 9.17) is 5.11 Å². The number of carboxylic acid groups (broad SMARTS) is 1. The summed E-state index contributed by atoms with van der Waals surface area (Å²) in [7, 11) is 0. The van der Waals surface area contributed by atoms with Crippen LogP contribution in [0.3, 0.4) is 0 Å². The Hall–Kier alpha value is -1.36. The zero-order chi connectivity index (χ0) is 13.1. The van der Waals surface area contributed by atoms with Crippen molar-refractivity contribution in [1.82, 2.24) is 5.32 Å². The molecule has 1 unspecified atom stereocenters. The summed E-state index contributed by atoms with van der Waals surface area (Å²) in [5, 5.41) is 13.5. The van der Waals surface area contributed by atoms with Gasteiger partial charge in [-0.05, 0) is 16.9 Å². The molecule has 0 fully saturated rings. The van der Waals surface area contributed by atoms with Crippen LogP contribution in [0.25, 0.3) is 0 Å². The molecule has 0 aromatic carbocycles. The number of rotatable bonds is 4. The fourth-order valence-electron chi connectivity index (χ4n) is 1.43. The van der Waals surface area contributed by atoms with Crippen molar-refractivity contribution in [2.75, 3.05) is 0 Å². The fraction of sp³-hybridized carbons (Fsp3) is 0.500. The monoisotopic (exact) mass is 255 g/mol. The Morgan fingerprint density at radius 3 is 2.53 bits per heavy atom. The zero-order valence-corrected chi connectivity index (χ0v) is 11.0. The number of carboxylic acids is 1. The summed E-state index contributed by atoms with van der Waals surface area (Å²) in [6.07, 6.45) is 0.234. The van der Waals surface area contributed by atoms with Crippen molar-refractivity contribution in [1.29, 1.82) is 0 Å². The van der Waals surface area contributed by atoms with Crippen LogP contribution in [-0.4, -0.2) is 23.0 Å². The van der Waals surface area contributed by atoms with Crippen LogP contribution in [0, 0.1) is 5.41 Å². The number of thiophene rings is 1. The minimum absolute atomic E-state index is 0.234. The van der Waals surface area contributed by atoms with E-state index in [2.05, 4.69) is 5.32 Å². The van der Waals surface area contributed by atoms with Crippen molar-refractivity contribution in [3.05, 3.63) is 22.4 Å². The number of carbonyl (C=O) groups excluding carboxylic acids is 1. The molecule has 0 bridgehead atoms. The lowest BCUT2D eigenvalue weighted by molar-refractivity contribution is -0.144. The van der Waals surface area contributed by atoms with Crippen LogP contribution in [0.5, 0.6) is 0 Å². The summed E-state index contributed by atoms with van der Waals surface area (Å²) < 4.78 is 0. The summed E-state index contributed by atoms with van der Waals surface area (Å²) in [6, 6.07) is 2.86. The van der Waals surface area contributed by atoms with Crippen LogP contribution in [0.1, 0.15) is 25.6 Å². The molecule has 0 spiro atoms. The molecule has 0 radical (unpaired) electrons. The van der Waals surface area contributed by atoms with Gasteiger partial charge in [0, 0.05) is 4.88 Å². The average Bonchev–Trinajstić information content (AvgIpc) is 2.64. The highest BCUT2D eigenvalue weighted by Gasteiger charge is 2.32. The average molecular weight is 255 g/mol. The Balaban J connectivity index is 2.62. The summed E-state index contributed by atoms with van der Waals surface area (Å²) >= 11 is 1.49. The van der Waals surface area contributed by atoms with Crippen LogP contribution in [0.2, 0.25) is 0 Å². The van der Waals surface area contributed by atoms with Crippen molar-refractivity contribution in [3.63, 3.8) is 0 Å². The second kappa shape index (κ2) is 5.31. The van der Waals surface area contributed by atoms with Gasteiger partial charge in [-0.3, -0.25) is 4.79 Å². The number of hydrogen-bond acceptors (Lipinski definition) is 3. The standard InChI is InChI=1S/C12H17NO3S/c1-12(2,3)10(11(15)16)13-9(14)7-8-5-4-6-17-8/h4-6,10H,7H2,1-3H3,(H,13,14)(H,15,16). The van der Waals surface area contributed by atoms with Crippen LogP contribution in [0.4, 0.5) is 0 Å². The molecule has 17 heavy (non-hydrogen) atoms. The van der Waals surface area contributed by atoms with Gasteiger partial charge < -0.3 is 10.4 Å². The van der Waals surface area contributed by atoms with Crippen molar-refractivity contribution < 1.29 is 14.7 Å². The van der Waals surface area contributed by atoms with Crippen LogP contribution < -0.4 is 5.32 Å². The topological polar surface area (TPSA) is 66.4 Å². The van der Waals surface area contributed by atoms with Gasteiger partial charge in [-0.1, -0.05) is 26.8 Å². The fourth-order valence-corrected chi connectivity index (χ4v) is 2.14. The van der Waals surface area contributed by atoms with Gasteiger partial charge >= 0.3 is 5.97 Å². The molecule has 1 aromatic heterocycles. The van der Waals surface area contributed by atoms with Crippen molar-refractivity contribution in [2.24, 2.45) is 5.41 Å². The van der Waals surface area contributed by atoms with Gasteiger partial charge in [0.05, 0.1) is 6.42 Å². The van der Waals surface area contributed by atoms with E-state index in [0.29, 0.717) is 0 Å². The first-order valence-corrected chi connectivity index (χ1v) is 6.23. The first-order valence-electron chi connectivity index (χ1n) is 5.35. The summed E-state index contributed by atoms with van der Waals surface area (Å²) in [4.78, 5) is 23.7. The number of aliphatic carboxylic acids is 1. The highest BCUT2D eigenvalue weighted by Crippen LogP contribution is 2.19. The minimum atomic E-state index is -1.00. The molecule has 1 heterocycles. The third-order valence-electron chi connectivity index (χ3n) is 2.33. The maximum absolute atomic E-state index is 11.7. The second-order valence-electron chi connectivity index (χ2n) is 4.96. The SMILES string of the molecule is CC(C)(C)C(NC(=O)Cc1cccs1)C(=O)O. The van der Waals surface area contributed by atoms with Crippen LogP contribution in [0.15, 0.2) is 17.5 Å². The highest BCUT2D eigenvalue weighted by atomic mass is 32.1. The Labute approximate surface area is 105 Å². The molecule has 0 saturated heterocycles. The molecule has 1 aromatic rings. The van der Waals surface area contributed by atoms with E-state index < -0.39 is 17.4 Å². The Kier molecular flexibility index (Phi) is 4.28. The van der Waals surface area contributed by atoms with Crippen molar-refractivity contribution >= 4 is 23.2 Å². The zero-order valence-electron chi connectivity index (χ0n) is 10.2. The number of amides is 1. The molecule has 0 aliphatic rings. The highest BCUT2D eigenvalue weighted by molar-refractivity contribution is 7.10. The third kappa shape index (κ3) is 4.19. The molecule has 94 valence electrons. The Morgan fingerprint density at radius 1 is 1.47 bits per heavy atom. The molecule has 2 N–H and O–H groups in total. The van der Waals surface area contributed by atoms with Gasteiger partial charge in [0.15, 0.2) is 0 Å². The third-order valence-corrected chi connectivity index (χ3v) is 3.21. The lowest BCUT2D eigenvalue weighted by atomic mass is 9.86. The quantitative estimate of drug-likeness (QED) is 0.863. The van der Waals surface area contributed by atoms with E-state index in [0.717, 1.165) is 4.88 Å². The molecule has 1 amide bonds. The molecule has 4 nitrogen and oxygen atoms in total. The minimum Gasteiger partial charge on any atom is -0.480 e. The molecule has 0 aliphatic carbocycles. The van der Waals surface area contributed by atoms with Crippen LogP contribution >= 0.6 is 11.3 Å². The lowest BCUT2D eigenvalue weighted by Crippen LogP contribution is -2.49. The normalized spacial score (nSPS) is 13.1. The number of carbonyl (C=O) groups is 2. The van der Waals surface area contributed by atoms with Gasteiger partial charge in [0.25, 0.3) is 0 Å². The van der Waals surface area contributed by atoms with E-state index in [-0.39, 0.29) is 12.3 Å². The van der Waals surface area contributed by atoms with Gasteiger partial charge in [0.2, 0.25) is 5.91 Å². The predicted octanol–water partition coefficient (Wildman–Crippen LogP) is 1.91. The van der Waals surface area contributed by atoms with Gasteiger partial charge in [-0.15, -0.1) is 11.3 Å². The summed E-state index contributed by atoms with van der Waals surface area (Å²) in [5.74, 6) is -1.26. The molecular formula is C12H17NO3S. The van der Waals surface area contributed by atoms with E-state index >= 15 is 0 Å². The first-order chi connectivity index (χ1) is 7.80. The first kappa shape index (κ1) is 13.7. The molecule has 0 aliphatic heterocycles. The van der Waals surface area contributed by atoms with Crippen LogP contribution in [-0.2, 0) is 16.0 Å². The molecule has 0 saturated carbocycles. The largest absolute Gasteiger partial charge is 0.480 e. The van der Waals surface area contributed by atoms with Crippen molar-refractivity contribution in [2.45, 2.75) is 33.2 Å². The van der Waals surface area contributed by atoms with Gasteiger partial charge in [-0.2, -0.15) is 0 Å². The van der Waals surface area contributed by atoms with Crippen molar-refractivity contribution in [3.8, 4) is 0 Å².